The Bertz CT molecular complexity index is 968. The van der Waals surface area contributed by atoms with Gasteiger partial charge < -0.3 is 19.3 Å². The molecule has 0 spiro atoms. The Hall–Kier alpha value is -0.930. The Morgan fingerprint density at radius 2 is 1.78 bits per heavy atom. The van der Waals surface area contributed by atoms with Gasteiger partial charge in [0.2, 0.25) is 0 Å². The van der Waals surface area contributed by atoms with Crippen LogP contribution in [0.5, 0.6) is 0 Å². The third-order valence-corrected chi connectivity index (χ3v) is 11.6. The lowest BCUT2D eigenvalue weighted by molar-refractivity contribution is -0.209. The summed E-state index contributed by atoms with van der Waals surface area (Å²) in [6.45, 7) is 4.70. The summed E-state index contributed by atoms with van der Waals surface area (Å²) in [6.07, 6.45) is 7.78. The number of hydrogen-bond donors (Lipinski definition) is 1. The number of fused-ring (bicyclic) bond motifs is 5. The summed E-state index contributed by atoms with van der Waals surface area (Å²) in [5.41, 5.74) is -0.615. The fraction of sp³-hybridized carbons (Fsp3) is 0.815. The Kier molecular flexibility index (Phi) is 7.16. The number of rotatable bonds is 5. The number of halogens is 2. The number of carbonyl (C=O) groups is 3. The molecule has 9 heteroatoms. The first-order valence-corrected chi connectivity index (χ1v) is 15.4. The van der Waals surface area contributed by atoms with Gasteiger partial charge in [-0.25, -0.2) is 4.79 Å². The fourth-order valence-electron chi connectivity index (χ4n) is 9.05. The molecule has 4 saturated carbocycles. The van der Waals surface area contributed by atoms with Gasteiger partial charge in [0, 0.05) is 23.8 Å². The van der Waals surface area contributed by atoms with E-state index < -0.39 is 17.1 Å². The number of carbonyl (C=O) groups excluding carboxylic acids is 3. The lowest BCUT2D eigenvalue weighted by Gasteiger charge is -2.63. The Balaban J connectivity index is 1.43. The van der Waals surface area contributed by atoms with E-state index in [2.05, 4.69) is 45.7 Å². The Morgan fingerprint density at radius 3 is 2.44 bits per heavy atom. The Labute approximate surface area is 229 Å². The SMILES string of the molecule is C[C@]12CC[C@@H](OC(=O)CBr)C[C@H]1CC[C@@H]1[C@@H]2CC[C@]2(C)[C@@H](C3=CC(=O)OC3)[C@@H](OC(=O)CBr)C[C@@]12O. The third kappa shape index (κ3) is 4.10. The molecule has 1 N–H and O–H groups in total. The van der Waals surface area contributed by atoms with Crippen molar-refractivity contribution in [2.45, 2.75) is 83.0 Å². The van der Waals surface area contributed by atoms with E-state index in [0.29, 0.717) is 18.3 Å². The second-order valence-electron chi connectivity index (χ2n) is 12.1. The van der Waals surface area contributed by atoms with Gasteiger partial charge in [-0.05, 0) is 73.7 Å². The Morgan fingerprint density at radius 1 is 1.06 bits per heavy atom. The molecule has 0 amide bonds. The molecule has 1 heterocycles. The van der Waals surface area contributed by atoms with E-state index in [4.69, 9.17) is 14.2 Å². The van der Waals surface area contributed by atoms with E-state index in [-0.39, 0.29) is 58.5 Å². The minimum absolute atomic E-state index is 0.0302. The molecule has 0 saturated heterocycles. The van der Waals surface area contributed by atoms with Crippen LogP contribution in [0.3, 0.4) is 0 Å². The van der Waals surface area contributed by atoms with Crippen LogP contribution in [0, 0.1) is 34.5 Å². The van der Waals surface area contributed by atoms with Gasteiger partial charge in [0.1, 0.15) is 29.5 Å². The molecule has 1 aliphatic heterocycles. The summed E-state index contributed by atoms with van der Waals surface area (Å²) >= 11 is 6.39. The summed E-state index contributed by atoms with van der Waals surface area (Å²) in [5.74, 6) is -0.278. The van der Waals surface area contributed by atoms with Crippen LogP contribution < -0.4 is 0 Å². The molecule has 9 atom stereocenters. The van der Waals surface area contributed by atoms with Crippen molar-refractivity contribution in [1.82, 2.24) is 0 Å². The van der Waals surface area contributed by atoms with E-state index in [1.165, 1.54) is 6.08 Å². The smallest absolute Gasteiger partial charge is 0.331 e. The molecule has 0 aromatic rings. The summed E-state index contributed by atoms with van der Waals surface area (Å²) in [4.78, 5) is 36.2. The maximum absolute atomic E-state index is 12.6. The second kappa shape index (κ2) is 9.67. The van der Waals surface area contributed by atoms with Gasteiger partial charge in [-0.2, -0.15) is 0 Å². The van der Waals surface area contributed by atoms with E-state index >= 15 is 0 Å². The van der Waals surface area contributed by atoms with Crippen LogP contribution >= 0.6 is 31.9 Å². The summed E-state index contributed by atoms with van der Waals surface area (Å²) in [7, 11) is 0. The summed E-state index contributed by atoms with van der Waals surface area (Å²) in [5, 5.41) is 12.9. The molecular formula is C27H36Br2O7. The van der Waals surface area contributed by atoms with Crippen molar-refractivity contribution in [1.29, 1.82) is 0 Å². The van der Waals surface area contributed by atoms with Crippen LogP contribution in [-0.4, -0.2) is 58.1 Å². The predicted molar refractivity (Wildman–Crippen MR) is 138 cm³/mol. The van der Waals surface area contributed by atoms with Crippen molar-refractivity contribution in [3.05, 3.63) is 11.6 Å². The highest BCUT2D eigenvalue weighted by molar-refractivity contribution is 9.09. The largest absolute Gasteiger partial charge is 0.462 e. The van der Waals surface area contributed by atoms with Crippen LogP contribution in [0.2, 0.25) is 0 Å². The third-order valence-electron chi connectivity index (χ3n) is 10.7. The number of cyclic esters (lactones) is 1. The fourth-order valence-corrected chi connectivity index (χ4v) is 9.32. The van der Waals surface area contributed by atoms with Gasteiger partial charge in [0.15, 0.2) is 0 Å². The molecule has 4 aliphatic carbocycles. The minimum Gasteiger partial charge on any atom is -0.462 e. The van der Waals surface area contributed by atoms with Crippen molar-refractivity contribution < 1.29 is 33.7 Å². The quantitative estimate of drug-likeness (QED) is 0.272. The molecule has 0 bridgehead atoms. The molecule has 5 rings (SSSR count). The minimum atomic E-state index is -1.00. The lowest BCUT2D eigenvalue weighted by Crippen LogP contribution is -2.62. The van der Waals surface area contributed by atoms with E-state index in [1.54, 1.807) is 0 Å². The monoisotopic (exact) mass is 630 g/mol. The highest BCUT2D eigenvalue weighted by Gasteiger charge is 2.71. The van der Waals surface area contributed by atoms with Gasteiger partial charge in [-0.3, -0.25) is 9.59 Å². The molecular weight excluding hydrogens is 596 g/mol. The van der Waals surface area contributed by atoms with Crippen molar-refractivity contribution in [2.24, 2.45) is 34.5 Å². The van der Waals surface area contributed by atoms with Gasteiger partial charge in [-0.1, -0.05) is 45.7 Å². The highest BCUT2D eigenvalue weighted by Crippen LogP contribution is 2.70. The molecule has 36 heavy (non-hydrogen) atoms. The van der Waals surface area contributed by atoms with Crippen LogP contribution in [0.25, 0.3) is 0 Å². The molecule has 7 nitrogen and oxygen atoms in total. The first kappa shape index (κ1) is 26.7. The topological polar surface area (TPSA) is 99.1 Å². The molecule has 5 aliphatic rings. The van der Waals surface area contributed by atoms with Crippen LogP contribution in [-0.2, 0) is 28.6 Å². The standard InChI is InChI=1S/C27H36Br2O7/c1-25-7-5-17(35-22(31)12-28)10-16(25)3-4-19-18(25)6-8-26(2)24(15-9-21(30)34-14-15)20(11-27(19,26)33)36-23(32)13-29/h9,16-20,24,33H,3-8,10-14H2,1-2H3/t16-,17-,18+,19-,20+,24+,25+,26-,27-/m1/s1. The molecule has 4 fully saturated rings. The first-order valence-electron chi connectivity index (χ1n) is 13.2. The number of hydrogen-bond acceptors (Lipinski definition) is 7. The zero-order valence-corrected chi connectivity index (χ0v) is 24.1. The van der Waals surface area contributed by atoms with E-state index in [0.717, 1.165) is 50.5 Å². The van der Waals surface area contributed by atoms with Gasteiger partial charge in [-0.15, -0.1) is 0 Å². The van der Waals surface area contributed by atoms with E-state index in [9.17, 15) is 19.5 Å². The zero-order chi connectivity index (χ0) is 25.9. The average Bonchev–Trinajstić information content (AvgIpc) is 3.36. The van der Waals surface area contributed by atoms with Crippen molar-refractivity contribution >= 4 is 49.8 Å². The molecule has 0 aromatic carbocycles. The number of ether oxygens (including phenoxy) is 3. The molecule has 0 radical (unpaired) electrons. The maximum atomic E-state index is 12.6. The van der Waals surface area contributed by atoms with Gasteiger partial charge in [0.25, 0.3) is 0 Å². The molecule has 200 valence electrons. The molecule has 0 aromatic heterocycles. The number of alkyl halides is 2. The van der Waals surface area contributed by atoms with E-state index in [1.807, 2.05) is 0 Å². The molecule has 0 unspecified atom stereocenters. The second-order valence-corrected chi connectivity index (χ2v) is 13.2. The van der Waals surface area contributed by atoms with Crippen LogP contribution in [0.1, 0.15) is 65.2 Å². The van der Waals surface area contributed by atoms with Crippen molar-refractivity contribution in [2.75, 3.05) is 17.3 Å². The van der Waals surface area contributed by atoms with Crippen molar-refractivity contribution in [3.8, 4) is 0 Å². The number of esters is 3. The average molecular weight is 632 g/mol. The summed E-state index contributed by atoms with van der Waals surface area (Å²) < 4.78 is 16.8. The van der Waals surface area contributed by atoms with Crippen LogP contribution in [0.4, 0.5) is 0 Å². The maximum Gasteiger partial charge on any atom is 0.331 e. The van der Waals surface area contributed by atoms with Crippen LogP contribution in [0.15, 0.2) is 11.6 Å². The zero-order valence-electron chi connectivity index (χ0n) is 21.0. The first-order chi connectivity index (χ1) is 17.1. The normalized spacial score (nSPS) is 45.6. The predicted octanol–water partition coefficient (Wildman–Crippen LogP) is 4.47. The van der Waals surface area contributed by atoms with Crippen molar-refractivity contribution in [3.63, 3.8) is 0 Å². The lowest BCUT2D eigenvalue weighted by atomic mass is 9.43. The van der Waals surface area contributed by atoms with Gasteiger partial charge >= 0.3 is 17.9 Å². The van der Waals surface area contributed by atoms with Gasteiger partial charge in [0.05, 0.1) is 5.60 Å². The highest BCUT2D eigenvalue weighted by atomic mass is 79.9. The number of aliphatic hydroxyl groups is 1. The summed E-state index contributed by atoms with van der Waals surface area (Å²) in [6, 6.07) is 0.